The van der Waals surface area contributed by atoms with Crippen LogP contribution < -0.4 is 24.3 Å². The average molecular weight is 415 g/mol. The normalized spacial score (nSPS) is 10.0. The van der Waals surface area contributed by atoms with E-state index in [1.165, 1.54) is 40.6 Å². The molecule has 0 aromatic heterocycles. The van der Waals surface area contributed by atoms with Crippen LogP contribution in [0.2, 0.25) is 0 Å². The third-order valence-corrected chi connectivity index (χ3v) is 4.17. The predicted molar refractivity (Wildman–Crippen MR) is 112 cm³/mol. The van der Waals surface area contributed by atoms with E-state index in [1.807, 2.05) is 12.1 Å². The maximum Gasteiger partial charge on any atom is 0.340 e. The van der Waals surface area contributed by atoms with Gasteiger partial charge in [-0.2, -0.15) is 0 Å². The van der Waals surface area contributed by atoms with E-state index in [0.29, 0.717) is 29.4 Å². The number of amides is 1. The number of ether oxygens (including phenoxy) is 5. The molecule has 0 aliphatic rings. The first-order chi connectivity index (χ1) is 14.5. The van der Waals surface area contributed by atoms with Crippen LogP contribution in [-0.4, -0.2) is 46.9 Å². The fourth-order valence-electron chi connectivity index (χ4n) is 2.72. The van der Waals surface area contributed by atoms with Gasteiger partial charge in [0.1, 0.15) is 0 Å². The minimum Gasteiger partial charge on any atom is -0.493 e. The number of hydrogen-bond acceptors (Lipinski definition) is 7. The molecule has 8 heteroatoms. The van der Waals surface area contributed by atoms with Gasteiger partial charge in [-0.1, -0.05) is 12.1 Å². The fraction of sp³-hybridized carbons (Fsp3) is 0.273. The van der Waals surface area contributed by atoms with E-state index >= 15 is 0 Å². The molecule has 160 valence electrons. The summed E-state index contributed by atoms with van der Waals surface area (Å²) < 4.78 is 26.1. The fourth-order valence-corrected chi connectivity index (χ4v) is 2.72. The molecule has 30 heavy (non-hydrogen) atoms. The standard InChI is InChI=1S/C22H25NO7/c1-6-7-14-8-9-17(18(10-14)26-2)30-13-21(24)23-16-12-20(28-4)19(27-3)11-15(16)22(25)29-5/h6,8-12H,1,7,13H2,2-5H3,(H,23,24). The Morgan fingerprint density at radius 2 is 1.57 bits per heavy atom. The average Bonchev–Trinajstić information content (AvgIpc) is 2.77. The van der Waals surface area contributed by atoms with Crippen molar-refractivity contribution in [3.05, 3.63) is 54.1 Å². The van der Waals surface area contributed by atoms with Gasteiger partial charge in [0, 0.05) is 12.1 Å². The lowest BCUT2D eigenvalue weighted by Crippen LogP contribution is -2.22. The van der Waals surface area contributed by atoms with Crippen molar-refractivity contribution in [3.8, 4) is 23.0 Å². The van der Waals surface area contributed by atoms with Crippen molar-refractivity contribution < 1.29 is 33.3 Å². The molecule has 0 heterocycles. The molecule has 2 aromatic rings. The molecule has 1 amide bonds. The zero-order valence-corrected chi connectivity index (χ0v) is 17.4. The lowest BCUT2D eigenvalue weighted by Gasteiger charge is -2.15. The molecule has 0 spiro atoms. The van der Waals surface area contributed by atoms with Crippen LogP contribution in [0.15, 0.2) is 43.0 Å². The summed E-state index contributed by atoms with van der Waals surface area (Å²) in [6, 6.07) is 8.32. The summed E-state index contributed by atoms with van der Waals surface area (Å²) in [7, 11) is 5.66. The van der Waals surface area contributed by atoms with Gasteiger partial charge in [-0.05, 0) is 24.1 Å². The van der Waals surface area contributed by atoms with Crippen LogP contribution >= 0.6 is 0 Å². The van der Waals surface area contributed by atoms with Crippen LogP contribution in [0.1, 0.15) is 15.9 Å². The number of esters is 1. The summed E-state index contributed by atoms with van der Waals surface area (Å²) in [5, 5.41) is 2.64. The van der Waals surface area contributed by atoms with Crippen molar-refractivity contribution in [1.29, 1.82) is 0 Å². The Morgan fingerprint density at radius 3 is 2.17 bits per heavy atom. The number of carbonyl (C=O) groups is 2. The minimum absolute atomic E-state index is 0.120. The Labute approximate surface area is 175 Å². The highest BCUT2D eigenvalue weighted by atomic mass is 16.5. The smallest absolute Gasteiger partial charge is 0.340 e. The zero-order chi connectivity index (χ0) is 22.1. The van der Waals surface area contributed by atoms with Crippen LogP contribution in [0.5, 0.6) is 23.0 Å². The van der Waals surface area contributed by atoms with Crippen molar-refractivity contribution in [2.24, 2.45) is 0 Å². The molecule has 0 saturated carbocycles. The summed E-state index contributed by atoms with van der Waals surface area (Å²) in [4.78, 5) is 24.6. The van der Waals surface area contributed by atoms with Gasteiger partial charge in [0.2, 0.25) is 0 Å². The quantitative estimate of drug-likeness (QED) is 0.470. The van der Waals surface area contributed by atoms with Gasteiger partial charge in [-0.15, -0.1) is 6.58 Å². The second-order valence-electron chi connectivity index (χ2n) is 6.06. The Kier molecular flexibility index (Phi) is 8.10. The lowest BCUT2D eigenvalue weighted by molar-refractivity contribution is -0.118. The van der Waals surface area contributed by atoms with Crippen LogP contribution in [0, 0.1) is 0 Å². The molecule has 2 rings (SSSR count). The van der Waals surface area contributed by atoms with Crippen molar-refractivity contribution in [2.75, 3.05) is 40.4 Å². The third-order valence-electron chi connectivity index (χ3n) is 4.17. The Morgan fingerprint density at radius 1 is 0.933 bits per heavy atom. The number of nitrogens with one attached hydrogen (secondary N) is 1. The molecule has 2 aromatic carbocycles. The maximum atomic E-state index is 12.5. The number of anilines is 1. The molecule has 0 atom stereocenters. The first kappa shape index (κ1) is 22.6. The second-order valence-corrected chi connectivity index (χ2v) is 6.06. The van der Waals surface area contributed by atoms with Crippen molar-refractivity contribution in [3.63, 3.8) is 0 Å². The second kappa shape index (κ2) is 10.8. The summed E-state index contributed by atoms with van der Waals surface area (Å²) in [6.07, 6.45) is 2.47. The highest BCUT2D eigenvalue weighted by Gasteiger charge is 2.19. The monoisotopic (exact) mass is 415 g/mol. The third kappa shape index (κ3) is 5.44. The van der Waals surface area contributed by atoms with Crippen LogP contribution in [0.25, 0.3) is 0 Å². The summed E-state index contributed by atoms with van der Waals surface area (Å²) >= 11 is 0. The van der Waals surface area contributed by atoms with E-state index in [9.17, 15) is 9.59 Å². The molecule has 0 aliphatic heterocycles. The van der Waals surface area contributed by atoms with Gasteiger partial charge in [0.25, 0.3) is 5.91 Å². The molecule has 0 unspecified atom stereocenters. The first-order valence-corrected chi connectivity index (χ1v) is 9.02. The van der Waals surface area contributed by atoms with E-state index in [0.717, 1.165) is 5.56 Å². The molecule has 0 aliphatic carbocycles. The minimum atomic E-state index is -0.633. The van der Waals surface area contributed by atoms with Gasteiger partial charge < -0.3 is 29.0 Å². The van der Waals surface area contributed by atoms with E-state index in [1.54, 1.807) is 12.1 Å². The van der Waals surface area contributed by atoms with Gasteiger partial charge in [-0.3, -0.25) is 4.79 Å². The number of benzene rings is 2. The molecule has 0 bridgehead atoms. The number of hydrogen-bond donors (Lipinski definition) is 1. The van der Waals surface area contributed by atoms with E-state index in [-0.39, 0.29) is 17.9 Å². The van der Waals surface area contributed by atoms with Crippen LogP contribution in [0.4, 0.5) is 5.69 Å². The number of rotatable bonds is 10. The maximum absolute atomic E-state index is 12.5. The summed E-state index contributed by atoms with van der Waals surface area (Å²) in [5.41, 5.74) is 1.34. The molecule has 0 radical (unpaired) electrons. The van der Waals surface area contributed by atoms with Crippen molar-refractivity contribution >= 4 is 17.6 Å². The SMILES string of the molecule is C=CCc1ccc(OCC(=O)Nc2cc(OC)c(OC)cc2C(=O)OC)c(OC)c1. The lowest BCUT2D eigenvalue weighted by atomic mass is 10.1. The summed E-state index contributed by atoms with van der Waals surface area (Å²) in [6.45, 7) is 3.41. The van der Waals surface area contributed by atoms with Gasteiger partial charge in [0.15, 0.2) is 29.6 Å². The van der Waals surface area contributed by atoms with Crippen molar-refractivity contribution in [1.82, 2.24) is 0 Å². The van der Waals surface area contributed by atoms with E-state index < -0.39 is 11.9 Å². The van der Waals surface area contributed by atoms with Crippen molar-refractivity contribution in [2.45, 2.75) is 6.42 Å². The Hall–Kier alpha value is -3.68. The molecular formula is C22H25NO7. The highest BCUT2D eigenvalue weighted by molar-refractivity contribution is 6.02. The first-order valence-electron chi connectivity index (χ1n) is 9.02. The largest absolute Gasteiger partial charge is 0.493 e. The number of carbonyl (C=O) groups excluding carboxylic acids is 2. The van der Waals surface area contributed by atoms with E-state index in [4.69, 9.17) is 23.7 Å². The van der Waals surface area contributed by atoms with Crippen LogP contribution in [-0.2, 0) is 16.0 Å². The number of methoxy groups -OCH3 is 4. The van der Waals surface area contributed by atoms with Gasteiger partial charge in [-0.25, -0.2) is 4.79 Å². The van der Waals surface area contributed by atoms with Crippen LogP contribution in [0.3, 0.4) is 0 Å². The Bertz CT molecular complexity index is 924. The Balaban J connectivity index is 2.18. The van der Waals surface area contributed by atoms with E-state index in [2.05, 4.69) is 11.9 Å². The topological polar surface area (TPSA) is 92.3 Å². The molecule has 0 fully saturated rings. The predicted octanol–water partition coefficient (Wildman–Crippen LogP) is 3.25. The molecule has 1 N–H and O–H groups in total. The molecule has 8 nitrogen and oxygen atoms in total. The molecule has 0 saturated heterocycles. The highest BCUT2D eigenvalue weighted by Crippen LogP contribution is 2.34. The van der Waals surface area contributed by atoms with Gasteiger partial charge >= 0.3 is 5.97 Å². The number of allylic oxidation sites excluding steroid dienone is 1. The molecular weight excluding hydrogens is 390 g/mol. The zero-order valence-electron chi connectivity index (χ0n) is 17.4. The summed E-state index contributed by atoms with van der Waals surface area (Å²) in [5.74, 6) is 0.484. The van der Waals surface area contributed by atoms with Gasteiger partial charge in [0.05, 0.1) is 39.7 Å².